The van der Waals surface area contributed by atoms with Gasteiger partial charge in [0.25, 0.3) is 0 Å². The van der Waals surface area contributed by atoms with Crippen molar-refractivity contribution in [2.45, 2.75) is 19.4 Å². The Balaban J connectivity index is 1.97. The maximum Gasteiger partial charge on any atom is 0.347 e. The first kappa shape index (κ1) is 18.0. The predicted octanol–water partition coefficient (Wildman–Crippen LogP) is 4.44. The van der Waals surface area contributed by atoms with E-state index in [0.717, 1.165) is 5.56 Å². The first-order valence-corrected chi connectivity index (χ1v) is 8.48. The van der Waals surface area contributed by atoms with Crippen LogP contribution in [-0.2, 0) is 9.53 Å². The summed E-state index contributed by atoms with van der Waals surface area (Å²) in [6, 6.07) is 13.3. The van der Waals surface area contributed by atoms with Crippen molar-refractivity contribution in [3.8, 4) is 17.1 Å². The van der Waals surface area contributed by atoms with E-state index in [-0.39, 0.29) is 5.43 Å². The summed E-state index contributed by atoms with van der Waals surface area (Å²) in [4.78, 5) is 24.2. The van der Waals surface area contributed by atoms with Gasteiger partial charge in [0.2, 0.25) is 0 Å². The molecule has 1 atom stereocenters. The Labute approximate surface area is 155 Å². The van der Waals surface area contributed by atoms with Gasteiger partial charge in [-0.15, -0.1) is 0 Å². The maximum atomic E-state index is 12.5. The van der Waals surface area contributed by atoms with Gasteiger partial charge in [0.15, 0.2) is 11.5 Å². The van der Waals surface area contributed by atoms with Crippen LogP contribution in [0.2, 0.25) is 5.02 Å². The third-order valence-corrected chi connectivity index (χ3v) is 4.19. The number of carbonyl (C=O) groups excluding carboxylic acids is 1. The third-order valence-electron chi connectivity index (χ3n) is 3.94. The van der Waals surface area contributed by atoms with Crippen LogP contribution in [0.3, 0.4) is 0 Å². The van der Waals surface area contributed by atoms with E-state index in [4.69, 9.17) is 25.5 Å². The van der Waals surface area contributed by atoms with Crippen LogP contribution in [0, 0.1) is 0 Å². The number of ether oxygens (including phenoxy) is 2. The van der Waals surface area contributed by atoms with E-state index in [1.54, 1.807) is 42.5 Å². The van der Waals surface area contributed by atoms with Crippen LogP contribution >= 0.6 is 11.6 Å². The summed E-state index contributed by atoms with van der Waals surface area (Å²) in [5.41, 5.74) is 0.985. The fraction of sp³-hybridized carbons (Fsp3) is 0.200. The van der Waals surface area contributed by atoms with Crippen LogP contribution in [0.5, 0.6) is 5.75 Å². The van der Waals surface area contributed by atoms with E-state index in [9.17, 15) is 9.59 Å². The summed E-state index contributed by atoms with van der Waals surface area (Å²) < 4.78 is 16.2. The topological polar surface area (TPSA) is 65.7 Å². The molecule has 6 heteroatoms. The highest BCUT2D eigenvalue weighted by Crippen LogP contribution is 2.26. The molecule has 0 saturated heterocycles. The number of esters is 1. The van der Waals surface area contributed by atoms with Crippen molar-refractivity contribution < 1.29 is 18.7 Å². The Hall–Kier alpha value is -2.79. The maximum absolute atomic E-state index is 12.5. The fourth-order valence-electron chi connectivity index (χ4n) is 2.56. The van der Waals surface area contributed by atoms with Gasteiger partial charge in [-0.1, -0.05) is 18.5 Å². The Morgan fingerprint density at radius 2 is 1.88 bits per heavy atom. The Bertz CT molecular complexity index is 991. The van der Waals surface area contributed by atoms with Gasteiger partial charge in [0.05, 0.1) is 12.5 Å². The van der Waals surface area contributed by atoms with E-state index < -0.39 is 12.1 Å². The van der Waals surface area contributed by atoms with Crippen molar-refractivity contribution >= 4 is 28.5 Å². The van der Waals surface area contributed by atoms with Crippen LogP contribution in [0.25, 0.3) is 22.3 Å². The van der Waals surface area contributed by atoms with Gasteiger partial charge in [-0.25, -0.2) is 4.79 Å². The second-order valence-corrected chi connectivity index (χ2v) is 6.11. The van der Waals surface area contributed by atoms with E-state index in [1.807, 2.05) is 6.92 Å². The SMILES string of the molecule is CC[C@H](Oc1ccc2oc(-c3ccc(Cl)cc3)cc(=O)c2c1)C(=O)OC. The molecule has 0 bridgehead atoms. The molecule has 0 saturated carbocycles. The van der Waals surface area contributed by atoms with Crippen molar-refractivity contribution in [2.24, 2.45) is 0 Å². The molecule has 0 spiro atoms. The van der Waals surface area contributed by atoms with Gasteiger partial charge in [-0.3, -0.25) is 4.79 Å². The summed E-state index contributed by atoms with van der Waals surface area (Å²) in [6.45, 7) is 1.81. The Morgan fingerprint density at radius 3 is 2.54 bits per heavy atom. The largest absolute Gasteiger partial charge is 0.479 e. The number of benzene rings is 2. The molecule has 0 unspecified atom stereocenters. The lowest BCUT2D eigenvalue weighted by molar-refractivity contribution is -0.148. The lowest BCUT2D eigenvalue weighted by Crippen LogP contribution is -2.27. The highest BCUT2D eigenvalue weighted by Gasteiger charge is 2.19. The molecule has 3 rings (SSSR count). The van der Waals surface area contributed by atoms with Gasteiger partial charge in [0.1, 0.15) is 17.1 Å². The third kappa shape index (κ3) is 3.73. The molecule has 1 heterocycles. The lowest BCUT2D eigenvalue weighted by atomic mass is 10.1. The average Bonchev–Trinajstić information content (AvgIpc) is 2.66. The summed E-state index contributed by atoms with van der Waals surface area (Å²) in [6.07, 6.45) is -0.271. The lowest BCUT2D eigenvalue weighted by Gasteiger charge is -2.15. The number of hydrogen-bond donors (Lipinski definition) is 0. The zero-order chi connectivity index (χ0) is 18.7. The second kappa shape index (κ2) is 7.62. The number of rotatable bonds is 5. The molecule has 3 aromatic rings. The van der Waals surface area contributed by atoms with Crippen molar-refractivity contribution in [3.63, 3.8) is 0 Å². The smallest absolute Gasteiger partial charge is 0.347 e. The molecular weight excluding hydrogens is 356 g/mol. The highest BCUT2D eigenvalue weighted by atomic mass is 35.5. The van der Waals surface area contributed by atoms with E-state index in [0.29, 0.717) is 33.9 Å². The molecule has 0 fully saturated rings. The molecule has 0 amide bonds. The standard InChI is InChI=1S/C20H17ClO5/c1-3-17(20(23)24-2)25-14-8-9-18-15(10-14)16(22)11-19(26-18)12-4-6-13(21)7-5-12/h4-11,17H,3H2,1-2H3/t17-/m0/s1. The first-order valence-electron chi connectivity index (χ1n) is 8.10. The van der Waals surface area contributed by atoms with Crippen molar-refractivity contribution in [1.29, 1.82) is 0 Å². The fourth-order valence-corrected chi connectivity index (χ4v) is 2.68. The predicted molar refractivity (Wildman–Crippen MR) is 99.7 cm³/mol. The molecule has 134 valence electrons. The molecule has 2 aromatic carbocycles. The van der Waals surface area contributed by atoms with Crippen molar-refractivity contribution in [3.05, 3.63) is 63.8 Å². The normalized spacial score (nSPS) is 12.0. The van der Waals surface area contributed by atoms with Gasteiger partial charge in [-0.2, -0.15) is 0 Å². The van der Waals surface area contributed by atoms with Gasteiger partial charge >= 0.3 is 5.97 Å². The monoisotopic (exact) mass is 372 g/mol. The van der Waals surface area contributed by atoms with Crippen LogP contribution in [0.15, 0.2) is 57.7 Å². The number of methoxy groups -OCH3 is 1. The van der Waals surface area contributed by atoms with Crippen LogP contribution in [-0.4, -0.2) is 19.2 Å². The number of carbonyl (C=O) groups is 1. The minimum Gasteiger partial charge on any atom is -0.479 e. The zero-order valence-electron chi connectivity index (χ0n) is 14.3. The number of fused-ring (bicyclic) bond motifs is 1. The zero-order valence-corrected chi connectivity index (χ0v) is 15.1. The van der Waals surface area contributed by atoms with Crippen LogP contribution < -0.4 is 10.2 Å². The van der Waals surface area contributed by atoms with Crippen LogP contribution in [0.1, 0.15) is 13.3 Å². The molecule has 0 aliphatic carbocycles. The molecule has 0 aliphatic rings. The number of halogens is 1. The minimum absolute atomic E-state index is 0.201. The summed E-state index contributed by atoms with van der Waals surface area (Å²) in [5, 5.41) is 0.981. The van der Waals surface area contributed by atoms with Gasteiger partial charge in [0, 0.05) is 16.7 Å². The summed E-state index contributed by atoms with van der Waals surface area (Å²) in [5.74, 6) is 0.396. The minimum atomic E-state index is -0.724. The van der Waals surface area contributed by atoms with E-state index >= 15 is 0 Å². The Kier molecular flexibility index (Phi) is 5.28. The molecule has 5 nitrogen and oxygen atoms in total. The quantitative estimate of drug-likeness (QED) is 0.619. The summed E-state index contributed by atoms with van der Waals surface area (Å²) in [7, 11) is 1.31. The Morgan fingerprint density at radius 1 is 1.15 bits per heavy atom. The average molecular weight is 373 g/mol. The van der Waals surface area contributed by atoms with E-state index in [2.05, 4.69) is 0 Å². The summed E-state index contributed by atoms with van der Waals surface area (Å²) >= 11 is 5.89. The number of hydrogen-bond acceptors (Lipinski definition) is 5. The van der Waals surface area contributed by atoms with E-state index in [1.165, 1.54) is 13.2 Å². The second-order valence-electron chi connectivity index (χ2n) is 5.68. The molecular formula is C20H17ClO5. The molecule has 0 radical (unpaired) electrons. The first-order chi connectivity index (χ1) is 12.5. The molecule has 0 N–H and O–H groups in total. The van der Waals surface area contributed by atoms with Crippen molar-refractivity contribution in [2.75, 3.05) is 7.11 Å². The van der Waals surface area contributed by atoms with Crippen LogP contribution in [0.4, 0.5) is 0 Å². The molecule has 0 aliphatic heterocycles. The van der Waals surface area contributed by atoms with Gasteiger partial charge < -0.3 is 13.9 Å². The molecule has 26 heavy (non-hydrogen) atoms. The highest BCUT2D eigenvalue weighted by molar-refractivity contribution is 6.30. The molecule has 1 aromatic heterocycles. The van der Waals surface area contributed by atoms with Gasteiger partial charge in [-0.05, 0) is 48.9 Å². The van der Waals surface area contributed by atoms with Crippen molar-refractivity contribution in [1.82, 2.24) is 0 Å².